The summed E-state index contributed by atoms with van der Waals surface area (Å²) in [5.74, 6) is 0.0980. The average molecular weight is 318 g/mol. The van der Waals surface area contributed by atoms with Crippen LogP contribution in [0.5, 0.6) is 5.75 Å². The lowest BCUT2D eigenvalue weighted by atomic mass is 10.1. The Labute approximate surface area is 135 Å². The van der Waals surface area contributed by atoms with Crippen molar-refractivity contribution in [3.8, 4) is 5.75 Å². The van der Waals surface area contributed by atoms with Crippen LogP contribution in [-0.4, -0.2) is 42.2 Å². The van der Waals surface area contributed by atoms with Crippen LogP contribution in [0.4, 0.5) is 0 Å². The molecule has 2 heterocycles. The number of hydrogen-bond acceptors (Lipinski definition) is 5. The Morgan fingerprint density at radius 3 is 2.91 bits per heavy atom. The molecule has 1 aromatic carbocycles. The minimum Gasteiger partial charge on any atom is -0.490 e. The summed E-state index contributed by atoms with van der Waals surface area (Å²) in [5.41, 5.74) is 1.23. The molecule has 0 amide bonds. The van der Waals surface area contributed by atoms with Crippen molar-refractivity contribution in [3.05, 3.63) is 23.9 Å². The van der Waals surface area contributed by atoms with E-state index in [0.29, 0.717) is 17.9 Å². The van der Waals surface area contributed by atoms with Gasteiger partial charge in [-0.25, -0.2) is 4.79 Å². The predicted octanol–water partition coefficient (Wildman–Crippen LogP) is 2.96. The summed E-state index contributed by atoms with van der Waals surface area (Å²) < 4.78 is 18.1. The zero-order valence-electron chi connectivity index (χ0n) is 13.7. The monoisotopic (exact) mass is 318 g/mol. The molecule has 1 unspecified atom stereocenters. The Kier molecular flexibility index (Phi) is 4.52. The third kappa shape index (κ3) is 3.32. The number of fused-ring (bicyclic) bond motifs is 1. The van der Waals surface area contributed by atoms with E-state index >= 15 is 0 Å². The largest absolute Gasteiger partial charge is 0.490 e. The van der Waals surface area contributed by atoms with Crippen LogP contribution in [0.15, 0.2) is 18.3 Å². The molecule has 0 bridgehead atoms. The van der Waals surface area contributed by atoms with Gasteiger partial charge < -0.3 is 14.2 Å². The van der Waals surface area contributed by atoms with Gasteiger partial charge in [-0.2, -0.15) is 5.10 Å². The lowest BCUT2D eigenvalue weighted by Gasteiger charge is -2.22. The number of nitrogens with zero attached hydrogens (tertiary/aromatic N) is 2. The summed E-state index contributed by atoms with van der Waals surface area (Å²) in [7, 11) is 1.37. The molecule has 6 heteroatoms. The SMILES string of the molecule is COC(=O)c1cc2cn(C3CCCOC3)nc2cc1OC(C)C. The highest BCUT2D eigenvalue weighted by Crippen LogP contribution is 2.29. The van der Waals surface area contributed by atoms with Gasteiger partial charge in [0.15, 0.2) is 0 Å². The van der Waals surface area contributed by atoms with Gasteiger partial charge in [-0.1, -0.05) is 0 Å². The number of rotatable bonds is 4. The quantitative estimate of drug-likeness (QED) is 0.811. The third-order valence-corrected chi connectivity index (χ3v) is 3.90. The molecule has 1 aliphatic heterocycles. The zero-order chi connectivity index (χ0) is 16.4. The molecule has 0 radical (unpaired) electrons. The third-order valence-electron chi connectivity index (χ3n) is 3.90. The Balaban J connectivity index is 2.01. The second-order valence-electron chi connectivity index (χ2n) is 6.05. The molecule has 0 spiro atoms. The van der Waals surface area contributed by atoms with Crippen LogP contribution < -0.4 is 4.74 Å². The van der Waals surface area contributed by atoms with Gasteiger partial charge in [-0.3, -0.25) is 4.68 Å². The normalized spacial score (nSPS) is 18.3. The van der Waals surface area contributed by atoms with Gasteiger partial charge in [0.1, 0.15) is 11.3 Å². The van der Waals surface area contributed by atoms with Crippen molar-refractivity contribution in [1.82, 2.24) is 9.78 Å². The number of ether oxygens (including phenoxy) is 3. The second kappa shape index (κ2) is 6.58. The van der Waals surface area contributed by atoms with Gasteiger partial charge in [0.2, 0.25) is 0 Å². The lowest BCUT2D eigenvalue weighted by Crippen LogP contribution is -2.21. The predicted molar refractivity (Wildman–Crippen MR) is 85.9 cm³/mol. The second-order valence-corrected chi connectivity index (χ2v) is 6.05. The molecule has 1 aliphatic rings. The van der Waals surface area contributed by atoms with Crippen LogP contribution >= 0.6 is 0 Å². The van der Waals surface area contributed by atoms with Crippen molar-refractivity contribution in [2.24, 2.45) is 0 Å². The highest BCUT2D eigenvalue weighted by molar-refractivity contribution is 5.97. The molecule has 1 atom stereocenters. The van der Waals surface area contributed by atoms with Crippen molar-refractivity contribution in [3.63, 3.8) is 0 Å². The summed E-state index contributed by atoms with van der Waals surface area (Å²) in [6.07, 6.45) is 4.01. The van der Waals surface area contributed by atoms with E-state index in [1.54, 1.807) is 6.07 Å². The molecule has 1 aromatic heterocycles. The first kappa shape index (κ1) is 15.8. The zero-order valence-corrected chi connectivity index (χ0v) is 13.7. The number of benzene rings is 1. The van der Waals surface area contributed by atoms with E-state index in [2.05, 4.69) is 5.10 Å². The maximum atomic E-state index is 12.0. The van der Waals surface area contributed by atoms with Gasteiger partial charge in [0.05, 0.1) is 31.4 Å². The fraction of sp³-hybridized carbons (Fsp3) is 0.529. The van der Waals surface area contributed by atoms with Crippen molar-refractivity contribution in [1.29, 1.82) is 0 Å². The Morgan fingerprint density at radius 2 is 2.26 bits per heavy atom. The van der Waals surface area contributed by atoms with Crippen molar-refractivity contribution < 1.29 is 19.0 Å². The summed E-state index contributed by atoms with van der Waals surface area (Å²) in [4.78, 5) is 12.0. The molecular formula is C17H22N2O4. The number of carbonyl (C=O) groups is 1. The average Bonchev–Trinajstić information content (AvgIpc) is 2.96. The van der Waals surface area contributed by atoms with Crippen LogP contribution in [0.25, 0.3) is 10.9 Å². The summed E-state index contributed by atoms with van der Waals surface area (Å²) >= 11 is 0. The molecule has 1 fully saturated rings. The standard InChI is InChI=1S/C17H22N2O4/c1-11(2)23-16-8-15-12(7-14(16)17(20)21-3)9-19(18-15)13-5-4-6-22-10-13/h7-9,11,13H,4-6,10H2,1-3H3. The number of carbonyl (C=O) groups excluding carboxylic acids is 1. The molecule has 23 heavy (non-hydrogen) atoms. The van der Waals surface area contributed by atoms with Crippen LogP contribution in [-0.2, 0) is 9.47 Å². The fourth-order valence-electron chi connectivity index (χ4n) is 2.81. The van der Waals surface area contributed by atoms with Crippen LogP contribution in [0.2, 0.25) is 0 Å². The molecule has 2 aromatic rings. The first-order valence-corrected chi connectivity index (χ1v) is 7.94. The van der Waals surface area contributed by atoms with Crippen LogP contribution in [0.3, 0.4) is 0 Å². The number of methoxy groups -OCH3 is 1. The maximum Gasteiger partial charge on any atom is 0.341 e. The minimum atomic E-state index is -0.406. The van der Waals surface area contributed by atoms with Gasteiger partial charge in [-0.05, 0) is 32.8 Å². The number of hydrogen-bond donors (Lipinski definition) is 0. The molecule has 0 N–H and O–H groups in total. The fourth-order valence-corrected chi connectivity index (χ4v) is 2.81. The molecule has 1 saturated heterocycles. The van der Waals surface area contributed by atoms with Crippen LogP contribution in [0, 0.1) is 0 Å². The first-order chi connectivity index (χ1) is 11.1. The van der Waals surface area contributed by atoms with Gasteiger partial charge >= 0.3 is 5.97 Å². The van der Waals surface area contributed by atoms with E-state index in [1.165, 1.54) is 7.11 Å². The lowest BCUT2D eigenvalue weighted by molar-refractivity contribution is 0.0552. The smallest absolute Gasteiger partial charge is 0.341 e. The summed E-state index contributed by atoms with van der Waals surface area (Å²) in [6.45, 7) is 5.33. The Bertz CT molecular complexity index is 702. The topological polar surface area (TPSA) is 62.6 Å². The molecule has 0 saturated carbocycles. The van der Waals surface area contributed by atoms with Crippen molar-refractivity contribution in [2.75, 3.05) is 20.3 Å². The van der Waals surface area contributed by atoms with Gasteiger partial charge in [0.25, 0.3) is 0 Å². The van der Waals surface area contributed by atoms with Crippen molar-refractivity contribution >= 4 is 16.9 Å². The first-order valence-electron chi connectivity index (χ1n) is 7.94. The van der Waals surface area contributed by atoms with Crippen molar-refractivity contribution in [2.45, 2.75) is 38.8 Å². The van der Waals surface area contributed by atoms with E-state index in [0.717, 1.165) is 30.4 Å². The van der Waals surface area contributed by atoms with E-state index in [9.17, 15) is 4.79 Å². The molecular weight excluding hydrogens is 296 g/mol. The Morgan fingerprint density at radius 1 is 1.43 bits per heavy atom. The Hall–Kier alpha value is -2.08. The number of aromatic nitrogens is 2. The van der Waals surface area contributed by atoms with Crippen LogP contribution in [0.1, 0.15) is 43.1 Å². The van der Waals surface area contributed by atoms with E-state index in [4.69, 9.17) is 14.2 Å². The minimum absolute atomic E-state index is 0.0373. The highest BCUT2D eigenvalue weighted by atomic mass is 16.5. The van der Waals surface area contributed by atoms with Gasteiger partial charge in [0, 0.05) is 24.3 Å². The molecule has 124 valence electrons. The van der Waals surface area contributed by atoms with E-state index < -0.39 is 5.97 Å². The van der Waals surface area contributed by atoms with E-state index in [1.807, 2.05) is 30.8 Å². The molecule has 3 rings (SSSR count). The highest BCUT2D eigenvalue weighted by Gasteiger charge is 2.20. The van der Waals surface area contributed by atoms with Gasteiger partial charge in [-0.15, -0.1) is 0 Å². The van der Waals surface area contributed by atoms with E-state index in [-0.39, 0.29) is 12.1 Å². The molecule has 0 aliphatic carbocycles. The maximum absolute atomic E-state index is 12.0. The summed E-state index contributed by atoms with van der Waals surface area (Å²) in [5, 5.41) is 5.53. The summed E-state index contributed by atoms with van der Waals surface area (Å²) in [6, 6.07) is 3.83. The molecule has 6 nitrogen and oxygen atoms in total. The number of esters is 1.